The van der Waals surface area contributed by atoms with Crippen LogP contribution in [0.5, 0.6) is 5.75 Å². The predicted octanol–water partition coefficient (Wildman–Crippen LogP) is 6.32. The van der Waals surface area contributed by atoms with Crippen molar-refractivity contribution < 1.29 is 9.53 Å². The van der Waals surface area contributed by atoms with E-state index in [-0.39, 0.29) is 5.91 Å². The van der Waals surface area contributed by atoms with E-state index in [0.717, 1.165) is 44.4 Å². The van der Waals surface area contributed by atoms with Crippen LogP contribution in [0.3, 0.4) is 0 Å². The highest BCUT2D eigenvalue weighted by molar-refractivity contribution is 6.13. The van der Waals surface area contributed by atoms with Gasteiger partial charge < -0.3 is 10.1 Å². The van der Waals surface area contributed by atoms with Gasteiger partial charge in [0.25, 0.3) is 5.91 Å². The van der Waals surface area contributed by atoms with Gasteiger partial charge in [-0.15, -0.1) is 0 Å². The van der Waals surface area contributed by atoms with Crippen LogP contribution in [0, 0.1) is 0 Å². The van der Waals surface area contributed by atoms with Crippen LogP contribution in [0.25, 0.3) is 32.9 Å². The maximum atomic E-state index is 13.3. The standard InChI is InChI=1S/C27H20N2O2/c1-31-22-14-11-19(12-15-22)26-17-24(23-8-4-5-9-25(23)29-26)27(30)28-21-13-10-18-6-2-3-7-20(18)16-21/h2-17H,1H3,(H,28,30). The molecule has 1 N–H and O–H groups in total. The van der Waals surface area contributed by atoms with Crippen LogP contribution < -0.4 is 10.1 Å². The minimum absolute atomic E-state index is 0.163. The van der Waals surface area contributed by atoms with Gasteiger partial charge in [-0.3, -0.25) is 4.79 Å². The molecule has 1 heterocycles. The average molecular weight is 404 g/mol. The molecule has 0 saturated carbocycles. The van der Waals surface area contributed by atoms with Crippen molar-refractivity contribution in [2.24, 2.45) is 0 Å². The first-order valence-electron chi connectivity index (χ1n) is 10.1. The number of ether oxygens (including phenoxy) is 1. The summed E-state index contributed by atoms with van der Waals surface area (Å²) in [5, 5.41) is 6.09. The zero-order valence-corrected chi connectivity index (χ0v) is 17.0. The Hall–Kier alpha value is -4.18. The largest absolute Gasteiger partial charge is 0.497 e. The second-order valence-electron chi connectivity index (χ2n) is 7.32. The summed E-state index contributed by atoms with van der Waals surface area (Å²) < 4.78 is 5.25. The Morgan fingerprint density at radius 2 is 1.55 bits per heavy atom. The molecular formula is C27H20N2O2. The van der Waals surface area contributed by atoms with Crippen molar-refractivity contribution in [3.63, 3.8) is 0 Å². The minimum atomic E-state index is -0.163. The van der Waals surface area contributed by atoms with E-state index in [2.05, 4.69) is 11.4 Å². The molecule has 1 amide bonds. The zero-order chi connectivity index (χ0) is 21.2. The number of carbonyl (C=O) groups is 1. The Morgan fingerprint density at radius 3 is 2.35 bits per heavy atom. The molecule has 0 fully saturated rings. The van der Waals surface area contributed by atoms with Gasteiger partial charge in [-0.05, 0) is 59.3 Å². The number of aromatic nitrogens is 1. The third-order valence-electron chi connectivity index (χ3n) is 5.35. The molecule has 0 bridgehead atoms. The number of anilines is 1. The van der Waals surface area contributed by atoms with Gasteiger partial charge in [0.15, 0.2) is 0 Å². The lowest BCUT2D eigenvalue weighted by molar-refractivity contribution is 0.102. The Kier molecular flexibility index (Phi) is 4.81. The first kappa shape index (κ1) is 18.8. The molecule has 1 aromatic heterocycles. The normalized spacial score (nSPS) is 10.9. The van der Waals surface area contributed by atoms with Gasteiger partial charge in [0.2, 0.25) is 0 Å². The Bertz CT molecular complexity index is 1410. The van der Waals surface area contributed by atoms with Crippen LogP contribution in [0.15, 0.2) is 97.1 Å². The number of hydrogen-bond donors (Lipinski definition) is 1. The Balaban J connectivity index is 1.56. The van der Waals surface area contributed by atoms with E-state index >= 15 is 0 Å². The number of hydrogen-bond acceptors (Lipinski definition) is 3. The van der Waals surface area contributed by atoms with Crippen molar-refractivity contribution in [3.8, 4) is 17.0 Å². The molecule has 0 saturated heterocycles. The lowest BCUT2D eigenvalue weighted by Gasteiger charge is -2.11. The number of rotatable bonds is 4. The molecule has 0 radical (unpaired) electrons. The van der Waals surface area contributed by atoms with Crippen LogP contribution >= 0.6 is 0 Å². The fourth-order valence-corrected chi connectivity index (χ4v) is 3.74. The quantitative estimate of drug-likeness (QED) is 0.381. The minimum Gasteiger partial charge on any atom is -0.497 e. The second kappa shape index (κ2) is 7.92. The average Bonchev–Trinajstić information content (AvgIpc) is 2.83. The predicted molar refractivity (Wildman–Crippen MR) is 126 cm³/mol. The van der Waals surface area contributed by atoms with Gasteiger partial charge in [0, 0.05) is 16.6 Å². The molecule has 0 unspecified atom stereocenters. The van der Waals surface area contributed by atoms with Crippen LogP contribution in [0.2, 0.25) is 0 Å². The molecule has 0 aliphatic rings. The van der Waals surface area contributed by atoms with Crippen LogP contribution in [0.4, 0.5) is 5.69 Å². The molecule has 4 heteroatoms. The van der Waals surface area contributed by atoms with Crippen molar-refractivity contribution in [1.82, 2.24) is 4.98 Å². The van der Waals surface area contributed by atoms with Crippen LogP contribution in [0.1, 0.15) is 10.4 Å². The Labute approximate surface area is 180 Å². The van der Waals surface area contributed by atoms with E-state index in [4.69, 9.17) is 9.72 Å². The third kappa shape index (κ3) is 3.71. The molecule has 31 heavy (non-hydrogen) atoms. The summed E-state index contributed by atoms with van der Waals surface area (Å²) in [4.78, 5) is 18.1. The number of amides is 1. The SMILES string of the molecule is COc1ccc(-c2cc(C(=O)Nc3ccc4ccccc4c3)c3ccccc3n2)cc1. The zero-order valence-electron chi connectivity index (χ0n) is 17.0. The van der Waals surface area contributed by atoms with Crippen molar-refractivity contribution in [3.05, 3.63) is 103 Å². The van der Waals surface area contributed by atoms with Gasteiger partial charge in [-0.25, -0.2) is 4.98 Å². The number of pyridine rings is 1. The van der Waals surface area contributed by atoms with E-state index < -0.39 is 0 Å². The summed E-state index contributed by atoms with van der Waals surface area (Å²) in [6.45, 7) is 0. The molecule has 0 spiro atoms. The molecule has 4 nitrogen and oxygen atoms in total. The fourth-order valence-electron chi connectivity index (χ4n) is 3.74. The second-order valence-corrected chi connectivity index (χ2v) is 7.32. The number of nitrogens with one attached hydrogen (secondary N) is 1. The van der Waals surface area contributed by atoms with Gasteiger partial charge in [0.1, 0.15) is 5.75 Å². The molecule has 4 aromatic carbocycles. The monoisotopic (exact) mass is 404 g/mol. The summed E-state index contributed by atoms with van der Waals surface area (Å²) in [6, 6.07) is 31.2. The van der Waals surface area contributed by atoms with Crippen molar-refractivity contribution >= 4 is 33.3 Å². The maximum absolute atomic E-state index is 13.3. The first-order valence-corrected chi connectivity index (χ1v) is 10.1. The highest BCUT2D eigenvalue weighted by atomic mass is 16.5. The lowest BCUT2D eigenvalue weighted by Crippen LogP contribution is -2.13. The number of benzene rings is 4. The van der Waals surface area contributed by atoms with Gasteiger partial charge in [0.05, 0.1) is 23.9 Å². The summed E-state index contributed by atoms with van der Waals surface area (Å²) in [5.41, 5.74) is 3.79. The number of methoxy groups -OCH3 is 1. The molecular weight excluding hydrogens is 384 g/mol. The van der Waals surface area contributed by atoms with Crippen LogP contribution in [-0.4, -0.2) is 18.0 Å². The smallest absolute Gasteiger partial charge is 0.256 e. The van der Waals surface area contributed by atoms with E-state index in [1.807, 2.05) is 91.0 Å². The topological polar surface area (TPSA) is 51.2 Å². The summed E-state index contributed by atoms with van der Waals surface area (Å²) in [7, 11) is 1.64. The van der Waals surface area contributed by atoms with E-state index in [0.29, 0.717) is 5.56 Å². The highest BCUT2D eigenvalue weighted by Gasteiger charge is 2.14. The summed E-state index contributed by atoms with van der Waals surface area (Å²) in [6.07, 6.45) is 0. The fraction of sp³-hybridized carbons (Fsp3) is 0.0370. The highest BCUT2D eigenvalue weighted by Crippen LogP contribution is 2.27. The van der Waals surface area contributed by atoms with Crippen molar-refractivity contribution in [2.75, 3.05) is 12.4 Å². The molecule has 5 aromatic rings. The van der Waals surface area contributed by atoms with Gasteiger partial charge in [-0.2, -0.15) is 0 Å². The van der Waals surface area contributed by atoms with Gasteiger partial charge in [-0.1, -0.05) is 48.5 Å². The molecule has 0 atom stereocenters. The Morgan fingerprint density at radius 1 is 0.806 bits per heavy atom. The number of carbonyl (C=O) groups excluding carboxylic acids is 1. The molecule has 0 aliphatic carbocycles. The number of para-hydroxylation sites is 1. The van der Waals surface area contributed by atoms with E-state index in [1.54, 1.807) is 7.11 Å². The molecule has 0 aliphatic heterocycles. The third-order valence-corrected chi connectivity index (χ3v) is 5.35. The lowest BCUT2D eigenvalue weighted by atomic mass is 10.0. The number of nitrogens with zero attached hydrogens (tertiary/aromatic N) is 1. The maximum Gasteiger partial charge on any atom is 0.256 e. The first-order chi connectivity index (χ1) is 15.2. The van der Waals surface area contributed by atoms with Crippen molar-refractivity contribution in [2.45, 2.75) is 0 Å². The summed E-state index contributed by atoms with van der Waals surface area (Å²) in [5.74, 6) is 0.613. The van der Waals surface area contributed by atoms with Crippen LogP contribution in [-0.2, 0) is 0 Å². The van der Waals surface area contributed by atoms with E-state index in [9.17, 15) is 4.79 Å². The molecule has 150 valence electrons. The van der Waals surface area contributed by atoms with E-state index in [1.165, 1.54) is 0 Å². The number of fused-ring (bicyclic) bond motifs is 2. The van der Waals surface area contributed by atoms with Gasteiger partial charge >= 0.3 is 0 Å². The molecule has 5 rings (SSSR count). The summed E-state index contributed by atoms with van der Waals surface area (Å²) >= 11 is 0. The van der Waals surface area contributed by atoms with Crippen molar-refractivity contribution in [1.29, 1.82) is 0 Å².